The predicted octanol–water partition coefficient (Wildman–Crippen LogP) is 2.93. The van der Waals surface area contributed by atoms with Crippen LogP contribution in [0.3, 0.4) is 0 Å². The molecule has 1 aromatic rings. The number of halogens is 1. The maximum atomic E-state index is 11.7. The molecule has 0 fully saturated rings. The van der Waals surface area contributed by atoms with Gasteiger partial charge < -0.3 is 10.4 Å². The molecule has 0 aliphatic rings. The molecule has 0 spiro atoms. The van der Waals surface area contributed by atoms with Crippen molar-refractivity contribution < 1.29 is 9.90 Å². The maximum absolute atomic E-state index is 11.7. The lowest BCUT2D eigenvalue weighted by Crippen LogP contribution is -2.32. The molecule has 0 aliphatic heterocycles. The first kappa shape index (κ1) is 15.0. The number of nitrogens with one attached hydrogen (secondary N) is 1. The second-order valence-corrected chi connectivity index (χ2v) is 4.88. The third kappa shape index (κ3) is 4.31. The summed E-state index contributed by atoms with van der Waals surface area (Å²) in [6.45, 7) is 4.12. The van der Waals surface area contributed by atoms with Crippen molar-refractivity contribution in [1.29, 1.82) is 0 Å². The van der Waals surface area contributed by atoms with E-state index in [2.05, 4.69) is 5.32 Å². The zero-order valence-electron chi connectivity index (χ0n) is 10.8. The van der Waals surface area contributed by atoms with E-state index in [0.717, 1.165) is 12.8 Å². The number of hydrogen-bond acceptors (Lipinski definition) is 2. The van der Waals surface area contributed by atoms with Crippen LogP contribution >= 0.6 is 11.6 Å². The topological polar surface area (TPSA) is 49.3 Å². The minimum Gasteiger partial charge on any atom is -0.387 e. The molecule has 2 unspecified atom stereocenters. The Balaban J connectivity index is 2.49. The van der Waals surface area contributed by atoms with E-state index in [0.29, 0.717) is 10.6 Å². The molecule has 0 radical (unpaired) electrons. The van der Waals surface area contributed by atoms with E-state index < -0.39 is 6.10 Å². The molecule has 0 saturated carbocycles. The number of carbonyl (C=O) groups is 1. The summed E-state index contributed by atoms with van der Waals surface area (Å²) in [6, 6.07) is 7.10. The molecular formula is C14H20ClNO2. The molecule has 18 heavy (non-hydrogen) atoms. The molecule has 2 atom stereocenters. The molecule has 0 saturated heterocycles. The van der Waals surface area contributed by atoms with E-state index >= 15 is 0 Å². The van der Waals surface area contributed by atoms with Gasteiger partial charge in [-0.05, 0) is 12.5 Å². The van der Waals surface area contributed by atoms with Gasteiger partial charge in [-0.15, -0.1) is 0 Å². The van der Waals surface area contributed by atoms with Crippen molar-refractivity contribution in [2.75, 3.05) is 6.54 Å². The van der Waals surface area contributed by atoms with Crippen LogP contribution in [-0.2, 0) is 4.79 Å². The Hall–Kier alpha value is -1.06. The second-order valence-electron chi connectivity index (χ2n) is 4.47. The summed E-state index contributed by atoms with van der Waals surface area (Å²) >= 11 is 5.97. The molecule has 1 rings (SSSR count). The van der Waals surface area contributed by atoms with Gasteiger partial charge >= 0.3 is 0 Å². The average Bonchev–Trinajstić information content (AvgIpc) is 2.36. The van der Waals surface area contributed by atoms with Gasteiger partial charge in [-0.3, -0.25) is 4.79 Å². The largest absolute Gasteiger partial charge is 0.387 e. The molecule has 4 heteroatoms. The Morgan fingerprint density at radius 3 is 2.72 bits per heavy atom. The maximum Gasteiger partial charge on any atom is 0.222 e. The van der Waals surface area contributed by atoms with Gasteiger partial charge in [0.15, 0.2) is 0 Å². The highest BCUT2D eigenvalue weighted by Gasteiger charge is 2.15. The molecule has 1 amide bonds. The molecule has 0 bridgehead atoms. The third-order valence-corrected chi connectivity index (χ3v) is 3.25. The van der Waals surface area contributed by atoms with Crippen molar-refractivity contribution in [2.45, 2.75) is 32.8 Å². The highest BCUT2D eigenvalue weighted by molar-refractivity contribution is 6.31. The van der Waals surface area contributed by atoms with E-state index in [1.165, 1.54) is 0 Å². The lowest BCUT2D eigenvalue weighted by atomic mass is 10.0. The van der Waals surface area contributed by atoms with Gasteiger partial charge in [0.2, 0.25) is 5.91 Å². The van der Waals surface area contributed by atoms with E-state index in [1.54, 1.807) is 18.2 Å². The Kier molecular flexibility index (Phi) is 6.16. The van der Waals surface area contributed by atoms with Crippen LogP contribution in [0.1, 0.15) is 38.4 Å². The van der Waals surface area contributed by atoms with Crippen LogP contribution < -0.4 is 5.32 Å². The number of amides is 1. The smallest absolute Gasteiger partial charge is 0.222 e. The Bertz CT molecular complexity index is 395. The van der Waals surface area contributed by atoms with Gasteiger partial charge in [-0.25, -0.2) is 0 Å². The van der Waals surface area contributed by atoms with Crippen LogP contribution in [0.15, 0.2) is 24.3 Å². The number of rotatable bonds is 6. The number of carbonyl (C=O) groups excluding carboxylic acids is 1. The predicted molar refractivity (Wildman–Crippen MR) is 73.5 cm³/mol. The fourth-order valence-corrected chi connectivity index (χ4v) is 2.05. The van der Waals surface area contributed by atoms with Crippen LogP contribution in [-0.4, -0.2) is 17.6 Å². The lowest BCUT2D eigenvalue weighted by Gasteiger charge is -2.16. The summed E-state index contributed by atoms with van der Waals surface area (Å²) in [4.78, 5) is 11.7. The first-order chi connectivity index (χ1) is 8.56. The normalized spacial score (nSPS) is 14.0. The van der Waals surface area contributed by atoms with Crippen LogP contribution in [0.5, 0.6) is 0 Å². The highest BCUT2D eigenvalue weighted by atomic mass is 35.5. The van der Waals surface area contributed by atoms with Gasteiger partial charge in [0.05, 0.1) is 6.10 Å². The minimum atomic E-state index is -0.767. The van der Waals surface area contributed by atoms with Crippen LogP contribution in [0.2, 0.25) is 5.02 Å². The zero-order chi connectivity index (χ0) is 13.5. The minimum absolute atomic E-state index is 0.0200. The summed E-state index contributed by atoms with van der Waals surface area (Å²) in [5.74, 6) is -0.0450. The molecule has 0 aliphatic carbocycles. The van der Waals surface area contributed by atoms with Gasteiger partial charge in [0, 0.05) is 23.0 Å². The monoisotopic (exact) mass is 269 g/mol. The van der Waals surface area contributed by atoms with Crippen molar-refractivity contribution in [3.8, 4) is 0 Å². The second kappa shape index (κ2) is 7.39. The van der Waals surface area contributed by atoms with E-state index in [-0.39, 0.29) is 18.4 Å². The van der Waals surface area contributed by atoms with Gasteiger partial charge in [-0.1, -0.05) is 50.1 Å². The van der Waals surface area contributed by atoms with Crippen LogP contribution in [0, 0.1) is 5.92 Å². The first-order valence-electron chi connectivity index (χ1n) is 6.26. The Morgan fingerprint density at radius 2 is 2.11 bits per heavy atom. The zero-order valence-corrected chi connectivity index (χ0v) is 11.6. The standard InChI is InChI=1S/C14H20ClNO2/c1-3-6-10(2)14(18)16-9-13(17)11-7-4-5-8-12(11)15/h4-5,7-8,10,13,17H,3,6,9H2,1-2H3,(H,16,18). The average molecular weight is 270 g/mol. The number of aliphatic hydroxyl groups excluding tert-OH is 1. The fourth-order valence-electron chi connectivity index (χ4n) is 1.79. The van der Waals surface area contributed by atoms with E-state index in [1.807, 2.05) is 19.9 Å². The van der Waals surface area contributed by atoms with Crippen LogP contribution in [0.25, 0.3) is 0 Å². The first-order valence-corrected chi connectivity index (χ1v) is 6.64. The number of aliphatic hydroxyl groups is 1. The van der Waals surface area contributed by atoms with Gasteiger partial charge in [-0.2, -0.15) is 0 Å². The SMILES string of the molecule is CCCC(C)C(=O)NCC(O)c1ccccc1Cl. The van der Waals surface area contributed by atoms with Gasteiger partial charge in [0.25, 0.3) is 0 Å². The van der Waals surface area contributed by atoms with Crippen molar-refractivity contribution in [2.24, 2.45) is 5.92 Å². The summed E-state index contributed by atoms with van der Waals surface area (Å²) in [6.07, 6.45) is 1.06. The Morgan fingerprint density at radius 1 is 1.44 bits per heavy atom. The molecule has 100 valence electrons. The molecule has 0 aromatic heterocycles. The summed E-state index contributed by atoms with van der Waals surface area (Å²) in [5, 5.41) is 13.2. The molecule has 3 nitrogen and oxygen atoms in total. The van der Waals surface area contributed by atoms with E-state index in [4.69, 9.17) is 11.6 Å². The molecular weight excluding hydrogens is 250 g/mol. The molecule has 1 aromatic carbocycles. The number of hydrogen-bond donors (Lipinski definition) is 2. The fraction of sp³-hybridized carbons (Fsp3) is 0.500. The summed E-state index contributed by atoms with van der Waals surface area (Å²) in [7, 11) is 0. The van der Waals surface area contributed by atoms with Crippen molar-refractivity contribution in [1.82, 2.24) is 5.32 Å². The van der Waals surface area contributed by atoms with Crippen LogP contribution in [0.4, 0.5) is 0 Å². The van der Waals surface area contributed by atoms with Crippen molar-refractivity contribution in [3.63, 3.8) is 0 Å². The quantitative estimate of drug-likeness (QED) is 0.834. The highest BCUT2D eigenvalue weighted by Crippen LogP contribution is 2.21. The van der Waals surface area contributed by atoms with Crippen molar-refractivity contribution in [3.05, 3.63) is 34.9 Å². The summed E-state index contributed by atoms with van der Waals surface area (Å²) < 4.78 is 0. The lowest BCUT2D eigenvalue weighted by molar-refractivity contribution is -0.125. The molecule has 2 N–H and O–H groups in total. The third-order valence-electron chi connectivity index (χ3n) is 2.90. The Labute approximate surface area is 113 Å². The van der Waals surface area contributed by atoms with Crippen molar-refractivity contribution >= 4 is 17.5 Å². The number of benzene rings is 1. The van der Waals surface area contributed by atoms with Gasteiger partial charge in [0.1, 0.15) is 0 Å². The summed E-state index contributed by atoms with van der Waals surface area (Å²) in [5.41, 5.74) is 0.641. The van der Waals surface area contributed by atoms with E-state index in [9.17, 15) is 9.90 Å². The molecule has 0 heterocycles.